The van der Waals surface area contributed by atoms with Crippen LogP contribution in [0.25, 0.3) is 33.3 Å². The van der Waals surface area contributed by atoms with Crippen LogP contribution in [0.3, 0.4) is 0 Å². The standard InChI is InChI=1S/C21H19F2N3O3/c1-12-7-15(20-16(8-12)26-19(11-25-20)29-21(22)23)18-10-13-9-14(27-6-5-24-2)3-4-17(13)28-18/h3-4,7-11,21,24H,5-6H2,1-2H3. The fraction of sp³-hybridized carbons (Fsp3) is 0.238. The molecule has 2 heterocycles. The fourth-order valence-corrected chi connectivity index (χ4v) is 3.10. The van der Waals surface area contributed by atoms with E-state index < -0.39 is 6.61 Å². The van der Waals surface area contributed by atoms with Gasteiger partial charge in [0.05, 0.1) is 17.2 Å². The van der Waals surface area contributed by atoms with E-state index in [-0.39, 0.29) is 5.88 Å². The van der Waals surface area contributed by atoms with Gasteiger partial charge in [-0.2, -0.15) is 8.78 Å². The van der Waals surface area contributed by atoms with E-state index in [4.69, 9.17) is 9.15 Å². The molecule has 0 spiro atoms. The predicted octanol–water partition coefficient (Wildman–Crippen LogP) is 4.55. The molecule has 4 aromatic rings. The minimum absolute atomic E-state index is 0.225. The van der Waals surface area contributed by atoms with Gasteiger partial charge >= 0.3 is 6.61 Å². The quantitative estimate of drug-likeness (QED) is 0.460. The number of furan rings is 1. The molecule has 1 N–H and O–H groups in total. The smallest absolute Gasteiger partial charge is 0.388 e. The van der Waals surface area contributed by atoms with Crippen molar-refractivity contribution in [3.05, 3.63) is 48.2 Å². The van der Waals surface area contributed by atoms with Crippen molar-refractivity contribution in [2.75, 3.05) is 20.2 Å². The Kier molecular flexibility index (Phi) is 5.26. The maximum absolute atomic E-state index is 12.5. The molecule has 0 aliphatic heterocycles. The third kappa shape index (κ3) is 4.12. The minimum Gasteiger partial charge on any atom is -0.492 e. The van der Waals surface area contributed by atoms with E-state index in [0.29, 0.717) is 29.0 Å². The Balaban J connectivity index is 1.74. The molecular weight excluding hydrogens is 380 g/mol. The number of nitrogens with one attached hydrogen (secondary N) is 1. The molecule has 2 aromatic heterocycles. The van der Waals surface area contributed by atoms with Crippen LogP contribution in [0.4, 0.5) is 8.78 Å². The van der Waals surface area contributed by atoms with Gasteiger partial charge in [0.25, 0.3) is 0 Å². The van der Waals surface area contributed by atoms with Crippen LogP contribution < -0.4 is 14.8 Å². The zero-order chi connectivity index (χ0) is 20.4. The van der Waals surface area contributed by atoms with Crippen LogP contribution in [-0.2, 0) is 0 Å². The zero-order valence-corrected chi connectivity index (χ0v) is 15.9. The lowest BCUT2D eigenvalue weighted by atomic mass is 10.1. The van der Waals surface area contributed by atoms with Gasteiger partial charge in [0.1, 0.15) is 23.7 Å². The summed E-state index contributed by atoms with van der Waals surface area (Å²) in [5, 5.41) is 3.92. The molecule has 0 atom stereocenters. The molecule has 0 unspecified atom stereocenters. The lowest BCUT2D eigenvalue weighted by molar-refractivity contribution is -0.0528. The number of likely N-dealkylation sites (N-methyl/N-ethyl adjacent to an activating group) is 1. The Hall–Kier alpha value is -3.26. The number of hydrogen-bond donors (Lipinski definition) is 1. The van der Waals surface area contributed by atoms with Crippen molar-refractivity contribution in [2.24, 2.45) is 0 Å². The number of nitrogens with zero attached hydrogens (tertiary/aromatic N) is 2. The van der Waals surface area contributed by atoms with Crippen LogP contribution in [-0.4, -0.2) is 36.8 Å². The molecule has 8 heteroatoms. The molecule has 0 fully saturated rings. The van der Waals surface area contributed by atoms with Crippen molar-refractivity contribution in [3.63, 3.8) is 0 Å². The number of hydrogen-bond acceptors (Lipinski definition) is 6. The second-order valence-electron chi connectivity index (χ2n) is 6.53. The average Bonchev–Trinajstić information content (AvgIpc) is 3.10. The molecule has 0 radical (unpaired) electrons. The SMILES string of the molecule is CNCCOc1ccc2oc(-c3cc(C)cc4nc(OC(F)F)cnc34)cc2c1. The van der Waals surface area contributed by atoms with Crippen molar-refractivity contribution in [3.8, 4) is 23.0 Å². The first kappa shape index (κ1) is 19.1. The van der Waals surface area contributed by atoms with Crippen LogP contribution in [0, 0.1) is 6.92 Å². The number of aryl methyl sites for hydroxylation is 1. The summed E-state index contributed by atoms with van der Waals surface area (Å²) < 4.78 is 41.0. The highest BCUT2D eigenvalue weighted by molar-refractivity contribution is 5.94. The van der Waals surface area contributed by atoms with Gasteiger partial charge in [-0.1, -0.05) is 0 Å². The maximum Gasteiger partial charge on any atom is 0.388 e. The van der Waals surface area contributed by atoms with Gasteiger partial charge in [0, 0.05) is 17.5 Å². The molecule has 4 rings (SSSR count). The van der Waals surface area contributed by atoms with Gasteiger partial charge in [-0.05, 0) is 55.9 Å². The van der Waals surface area contributed by atoms with E-state index in [1.165, 1.54) is 6.20 Å². The van der Waals surface area contributed by atoms with E-state index in [1.807, 2.05) is 44.3 Å². The first-order valence-corrected chi connectivity index (χ1v) is 9.07. The fourth-order valence-electron chi connectivity index (χ4n) is 3.10. The van der Waals surface area contributed by atoms with E-state index in [9.17, 15) is 8.78 Å². The van der Waals surface area contributed by atoms with E-state index in [2.05, 4.69) is 20.0 Å². The van der Waals surface area contributed by atoms with E-state index in [0.717, 1.165) is 28.8 Å². The summed E-state index contributed by atoms with van der Waals surface area (Å²) in [6, 6.07) is 11.2. The molecule has 6 nitrogen and oxygen atoms in total. The first-order chi connectivity index (χ1) is 14.0. The Bertz CT molecular complexity index is 1160. The van der Waals surface area contributed by atoms with Gasteiger partial charge < -0.3 is 19.2 Å². The maximum atomic E-state index is 12.5. The van der Waals surface area contributed by atoms with Crippen LogP contribution in [0.1, 0.15) is 5.56 Å². The Labute approximate surface area is 165 Å². The van der Waals surface area contributed by atoms with E-state index in [1.54, 1.807) is 6.07 Å². The second-order valence-corrected chi connectivity index (χ2v) is 6.53. The molecular formula is C21H19F2N3O3. The summed E-state index contributed by atoms with van der Waals surface area (Å²) in [4.78, 5) is 8.42. The molecule has 0 aliphatic carbocycles. The monoisotopic (exact) mass is 399 g/mol. The van der Waals surface area contributed by atoms with Crippen molar-refractivity contribution >= 4 is 22.0 Å². The highest BCUT2D eigenvalue weighted by Crippen LogP contribution is 2.34. The number of ether oxygens (including phenoxy) is 2. The van der Waals surface area contributed by atoms with Crippen LogP contribution in [0.2, 0.25) is 0 Å². The topological polar surface area (TPSA) is 69.4 Å². The molecule has 2 aromatic carbocycles. The number of benzene rings is 2. The Morgan fingerprint density at radius 2 is 2.03 bits per heavy atom. The van der Waals surface area contributed by atoms with Crippen molar-refractivity contribution in [1.29, 1.82) is 0 Å². The Morgan fingerprint density at radius 1 is 1.17 bits per heavy atom. The minimum atomic E-state index is -2.95. The number of alkyl halides is 2. The van der Waals surface area contributed by atoms with Crippen molar-refractivity contribution in [2.45, 2.75) is 13.5 Å². The van der Waals surface area contributed by atoms with Gasteiger partial charge in [-0.25, -0.2) is 9.97 Å². The van der Waals surface area contributed by atoms with Gasteiger partial charge in [-0.3, -0.25) is 0 Å². The summed E-state index contributed by atoms with van der Waals surface area (Å²) in [5.74, 6) is 1.14. The summed E-state index contributed by atoms with van der Waals surface area (Å²) in [5.41, 5.74) is 3.33. The van der Waals surface area contributed by atoms with Gasteiger partial charge in [0.15, 0.2) is 0 Å². The molecule has 0 amide bonds. The molecule has 0 aliphatic rings. The Morgan fingerprint density at radius 3 is 2.83 bits per heavy atom. The van der Waals surface area contributed by atoms with Crippen molar-refractivity contribution in [1.82, 2.24) is 15.3 Å². The first-order valence-electron chi connectivity index (χ1n) is 9.07. The van der Waals surface area contributed by atoms with E-state index >= 15 is 0 Å². The highest BCUT2D eigenvalue weighted by atomic mass is 19.3. The lowest BCUT2D eigenvalue weighted by Gasteiger charge is -2.07. The van der Waals surface area contributed by atoms with Crippen LogP contribution >= 0.6 is 0 Å². The summed E-state index contributed by atoms with van der Waals surface area (Å²) >= 11 is 0. The van der Waals surface area contributed by atoms with Gasteiger partial charge in [-0.15, -0.1) is 0 Å². The third-order valence-corrected chi connectivity index (χ3v) is 4.35. The zero-order valence-electron chi connectivity index (χ0n) is 15.9. The summed E-state index contributed by atoms with van der Waals surface area (Å²) in [6.45, 7) is 0.251. The molecule has 0 saturated heterocycles. The number of fused-ring (bicyclic) bond motifs is 2. The van der Waals surface area contributed by atoms with Crippen molar-refractivity contribution < 1.29 is 22.7 Å². The molecule has 0 bridgehead atoms. The summed E-state index contributed by atoms with van der Waals surface area (Å²) in [6.07, 6.45) is 1.18. The third-order valence-electron chi connectivity index (χ3n) is 4.35. The summed E-state index contributed by atoms with van der Waals surface area (Å²) in [7, 11) is 1.87. The number of halogens is 2. The molecule has 29 heavy (non-hydrogen) atoms. The highest BCUT2D eigenvalue weighted by Gasteiger charge is 2.15. The molecule has 0 saturated carbocycles. The van der Waals surface area contributed by atoms with Crippen LogP contribution in [0.15, 0.2) is 47.0 Å². The number of rotatable bonds is 7. The van der Waals surface area contributed by atoms with Crippen LogP contribution in [0.5, 0.6) is 11.6 Å². The second kappa shape index (κ2) is 8.00. The van der Waals surface area contributed by atoms with Gasteiger partial charge in [0.2, 0.25) is 5.88 Å². The normalized spacial score (nSPS) is 11.5. The predicted molar refractivity (Wildman–Crippen MR) is 106 cm³/mol. The number of aromatic nitrogens is 2. The average molecular weight is 399 g/mol. The largest absolute Gasteiger partial charge is 0.492 e. The molecule has 150 valence electrons. The lowest BCUT2D eigenvalue weighted by Crippen LogP contribution is -2.15.